The minimum absolute atomic E-state index is 0.382. The number of carbonyl (C=O) groups excluding carboxylic acids is 1. The molecular formula is C16H17FN4O2. The van der Waals surface area contributed by atoms with Crippen LogP contribution in [0.2, 0.25) is 0 Å². The lowest BCUT2D eigenvalue weighted by Crippen LogP contribution is -2.34. The van der Waals surface area contributed by atoms with Gasteiger partial charge in [0.15, 0.2) is 0 Å². The van der Waals surface area contributed by atoms with Gasteiger partial charge in [-0.05, 0) is 32.9 Å². The summed E-state index contributed by atoms with van der Waals surface area (Å²) in [7, 11) is 1.54. The van der Waals surface area contributed by atoms with Gasteiger partial charge in [0, 0.05) is 24.0 Å². The molecule has 1 N–H and O–H groups in total. The van der Waals surface area contributed by atoms with Crippen LogP contribution >= 0.6 is 0 Å². The number of nitrogens with one attached hydrogen (secondary N) is 1. The number of benzene rings is 1. The van der Waals surface area contributed by atoms with Gasteiger partial charge in [-0.1, -0.05) is 0 Å². The molecule has 23 heavy (non-hydrogen) atoms. The van der Waals surface area contributed by atoms with Gasteiger partial charge in [-0.15, -0.1) is 0 Å². The normalized spacial score (nSPS) is 11.9. The summed E-state index contributed by atoms with van der Waals surface area (Å²) in [6.45, 7) is 5.33. The van der Waals surface area contributed by atoms with E-state index in [0.29, 0.717) is 27.6 Å². The van der Waals surface area contributed by atoms with Gasteiger partial charge in [-0.2, -0.15) is 0 Å². The Kier molecular flexibility index (Phi) is 3.43. The molecule has 120 valence electrons. The summed E-state index contributed by atoms with van der Waals surface area (Å²) in [6, 6.07) is 2.68. The molecule has 0 saturated heterocycles. The second-order valence-corrected chi connectivity index (χ2v) is 6.30. The topological polar surface area (TPSA) is 71.1 Å². The first-order chi connectivity index (χ1) is 10.8. The molecule has 0 unspecified atom stereocenters. The predicted molar refractivity (Wildman–Crippen MR) is 86.0 cm³/mol. The maximum Gasteiger partial charge on any atom is 0.414 e. The van der Waals surface area contributed by atoms with Crippen LogP contribution in [-0.2, 0) is 4.74 Å². The summed E-state index contributed by atoms with van der Waals surface area (Å²) in [5.41, 5.74) is 0.936. The molecule has 3 aromatic rings. The number of nitrogens with zero attached hydrogens (tertiary/aromatic N) is 3. The van der Waals surface area contributed by atoms with E-state index in [2.05, 4.69) is 15.0 Å². The van der Waals surface area contributed by atoms with Gasteiger partial charge < -0.3 is 9.72 Å². The molecule has 0 aliphatic carbocycles. The van der Waals surface area contributed by atoms with E-state index >= 15 is 0 Å². The van der Waals surface area contributed by atoms with Gasteiger partial charge in [-0.25, -0.2) is 19.2 Å². The molecule has 0 radical (unpaired) electrons. The number of fused-ring (bicyclic) bond motifs is 3. The van der Waals surface area contributed by atoms with E-state index in [4.69, 9.17) is 4.74 Å². The molecular weight excluding hydrogens is 299 g/mol. The summed E-state index contributed by atoms with van der Waals surface area (Å²) in [6.07, 6.45) is 2.46. The number of hydrogen-bond acceptors (Lipinski definition) is 4. The highest BCUT2D eigenvalue weighted by Crippen LogP contribution is 2.32. The third kappa shape index (κ3) is 2.81. The van der Waals surface area contributed by atoms with Crippen LogP contribution in [0.15, 0.2) is 24.7 Å². The number of ether oxygens (including phenoxy) is 1. The first-order valence-corrected chi connectivity index (χ1v) is 7.14. The Hall–Kier alpha value is -2.70. The fourth-order valence-electron chi connectivity index (χ4n) is 2.37. The molecule has 0 fully saturated rings. The zero-order chi connectivity index (χ0) is 16.8. The highest BCUT2D eigenvalue weighted by Gasteiger charge is 2.23. The highest BCUT2D eigenvalue weighted by molar-refractivity contribution is 6.11. The Balaban J connectivity index is 2.15. The van der Waals surface area contributed by atoms with Gasteiger partial charge in [-0.3, -0.25) is 4.90 Å². The Bertz CT molecular complexity index is 898. The Morgan fingerprint density at radius 3 is 2.74 bits per heavy atom. The van der Waals surface area contributed by atoms with Crippen LogP contribution in [0.25, 0.3) is 21.9 Å². The standard InChI is InChI=1S/C16H17FN4O2/c1-16(2,3)23-15(22)21(4)12-6-9(17)5-10-11-7-18-8-19-14(11)20-13(10)12/h5-8H,1-4H3,(H,18,19,20). The van der Waals surface area contributed by atoms with Crippen molar-refractivity contribution in [3.05, 3.63) is 30.5 Å². The van der Waals surface area contributed by atoms with Crippen LogP contribution in [-0.4, -0.2) is 33.7 Å². The molecule has 0 atom stereocenters. The number of halogens is 1. The lowest BCUT2D eigenvalue weighted by atomic mass is 10.1. The second-order valence-electron chi connectivity index (χ2n) is 6.30. The van der Waals surface area contributed by atoms with Crippen molar-refractivity contribution < 1.29 is 13.9 Å². The van der Waals surface area contributed by atoms with Crippen molar-refractivity contribution in [3.63, 3.8) is 0 Å². The van der Waals surface area contributed by atoms with Crippen LogP contribution in [0.1, 0.15) is 20.8 Å². The van der Waals surface area contributed by atoms with Crippen molar-refractivity contribution in [2.24, 2.45) is 0 Å². The zero-order valence-corrected chi connectivity index (χ0v) is 13.3. The van der Waals surface area contributed by atoms with Crippen LogP contribution in [0.3, 0.4) is 0 Å². The second kappa shape index (κ2) is 5.19. The third-order valence-electron chi connectivity index (χ3n) is 3.36. The molecule has 2 heterocycles. The van der Waals surface area contributed by atoms with Crippen LogP contribution in [0, 0.1) is 5.82 Å². The summed E-state index contributed by atoms with van der Waals surface area (Å²) in [5.74, 6) is -0.451. The molecule has 6 nitrogen and oxygen atoms in total. The molecule has 0 aliphatic heterocycles. The number of aromatic amines is 1. The first kappa shape index (κ1) is 15.2. The van der Waals surface area contributed by atoms with Crippen molar-refractivity contribution in [2.45, 2.75) is 26.4 Å². The summed E-state index contributed by atoms with van der Waals surface area (Å²) >= 11 is 0. The summed E-state index contributed by atoms with van der Waals surface area (Å²) < 4.78 is 19.4. The number of H-pyrrole nitrogens is 1. The van der Waals surface area contributed by atoms with Gasteiger partial charge in [0.05, 0.1) is 11.2 Å². The Morgan fingerprint density at radius 1 is 1.30 bits per heavy atom. The average molecular weight is 316 g/mol. The molecule has 1 amide bonds. The maximum absolute atomic E-state index is 14.0. The predicted octanol–water partition coefficient (Wildman–Crippen LogP) is 3.62. The monoisotopic (exact) mass is 316 g/mol. The number of hydrogen-bond donors (Lipinski definition) is 1. The Labute approximate surface area is 132 Å². The van der Waals surface area contributed by atoms with E-state index in [0.717, 1.165) is 0 Å². The van der Waals surface area contributed by atoms with Crippen molar-refractivity contribution in [1.29, 1.82) is 0 Å². The van der Waals surface area contributed by atoms with Crippen LogP contribution < -0.4 is 4.90 Å². The van der Waals surface area contributed by atoms with Crippen molar-refractivity contribution in [3.8, 4) is 0 Å². The van der Waals surface area contributed by atoms with E-state index in [9.17, 15) is 9.18 Å². The SMILES string of the molecule is CN(C(=O)OC(C)(C)C)c1cc(F)cc2c1[nH]c1ncncc12. The third-order valence-corrected chi connectivity index (χ3v) is 3.36. The number of rotatable bonds is 1. The maximum atomic E-state index is 14.0. The summed E-state index contributed by atoms with van der Waals surface area (Å²) in [4.78, 5) is 24.7. The van der Waals surface area contributed by atoms with Gasteiger partial charge in [0.1, 0.15) is 23.4 Å². The average Bonchev–Trinajstić information content (AvgIpc) is 2.82. The number of amides is 1. The molecule has 1 aromatic carbocycles. The summed E-state index contributed by atoms with van der Waals surface area (Å²) in [5, 5.41) is 1.31. The van der Waals surface area contributed by atoms with E-state index in [1.807, 2.05) is 0 Å². The Morgan fingerprint density at radius 2 is 2.04 bits per heavy atom. The minimum Gasteiger partial charge on any atom is -0.443 e. The number of carbonyl (C=O) groups is 1. The molecule has 0 spiro atoms. The van der Waals surface area contributed by atoms with Crippen LogP contribution in [0.5, 0.6) is 0 Å². The number of aromatic nitrogens is 3. The van der Waals surface area contributed by atoms with Crippen LogP contribution in [0.4, 0.5) is 14.9 Å². The van der Waals surface area contributed by atoms with Crippen molar-refractivity contribution >= 4 is 33.7 Å². The molecule has 0 aliphatic rings. The fraction of sp³-hybridized carbons (Fsp3) is 0.312. The zero-order valence-electron chi connectivity index (χ0n) is 13.3. The van der Waals surface area contributed by atoms with E-state index < -0.39 is 17.5 Å². The smallest absolute Gasteiger partial charge is 0.414 e. The van der Waals surface area contributed by atoms with Crippen molar-refractivity contribution in [2.75, 3.05) is 11.9 Å². The van der Waals surface area contributed by atoms with Gasteiger partial charge in [0.25, 0.3) is 0 Å². The fourth-order valence-corrected chi connectivity index (χ4v) is 2.37. The minimum atomic E-state index is -0.635. The molecule has 2 aromatic heterocycles. The van der Waals surface area contributed by atoms with E-state index in [1.165, 1.54) is 23.4 Å². The quantitative estimate of drug-likeness (QED) is 0.744. The lowest BCUT2D eigenvalue weighted by molar-refractivity contribution is 0.0589. The van der Waals surface area contributed by atoms with E-state index in [1.54, 1.807) is 34.0 Å². The van der Waals surface area contributed by atoms with E-state index in [-0.39, 0.29) is 0 Å². The van der Waals surface area contributed by atoms with Crippen molar-refractivity contribution in [1.82, 2.24) is 15.0 Å². The first-order valence-electron chi connectivity index (χ1n) is 7.14. The lowest BCUT2D eigenvalue weighted by Gasteiger charge is -2.25. The largest absolute Gasteiger partial charge is 0.443 e. The molecule has 7 heteroatoms. The van der Waals surface area contributed by atoms with Gasteiger partial charge in [0.2, 0.25) is 0 Å². The number of anilines is 1. The molecule has 0 bridgehead atoms. The highest BCUT2D eigenvalue weighted by atomic mass is 19.1. The molecule has 0 saturated carbocycles. The molecule has 3 rings (SSSR count). The van der Waals surface area contributed by atoms with Gasteiger partial charge >= 0.3 is 6.09 Å².